The normalized spacial score (nSPS) is 20.7. The lowest BCUT2D eigenvalue weighted by atomic mass is 9.93. The third kappa shape index (κ3) is 4.92. The zero-order valence-electron chi connectivity index (χ0n) is 12.8. The minimum absolute atomic E-state index is 0.0834. The van der Waals surface area contributed by atoms with Crippen LogP contribution in [0.4, 0.5) is 4.79 Å². The summed E-state index contributed by atoms with van der Waals surface area (Å²) in [7, 11) is 0. The molecular weight excluding hydrogens is 280 g/mol. The van der Waals surface area contributed by atoms with E-state index < -0.39 is 0 Å². The molecule has 118 valence electrons. The van der Waals surface area contributed by atoms with E-state index in [2.05, 4.69) is 15.6 Å². The number of rotatable bonds is 5. The third-order valence-electron chi connectivity index (χ3n) is 3.70. The Morgan fingerprint density at radius 2 is 2.18 bits per heavy atom. The maximum Gasteiger partial charge on any atom is 0.315 e. The summed E-state index contributed by atoms with van der Waals surface area (Å²) in [6.45, 7) is 2.73. The van der Waals surface area contributed by atoms with Crippen molar-refractivity contribution in [3.8, 4) is 11.9 Å². The summed E-state index contributed by atoms with van der Waals surface area (Å²) in [6, 6.07) is 5.59. The number of pyridine rings is 1. The van der Waals surface area contributed by atoms with E-state index in [0.717, 1.165) is 32.1 Å². The van der Waals surface area contributed by atoms with Crippen molar-refractivity contribution in [2.75, 3.05) is 6.54 Å². The van der Waals surface area contributed by atoms with Crippen molar-refractivity contribution in [1.29, 1.82) is 5.26 Å². The summed E-state index contributed by atoms with van der Waals surface area (Å²) in [5, 5.41) is 14.6. The Kier molecular flexibility index (Phi) is 6.01. The number of aromatic nitrogens is 1. The molecule has 0 aliphatic heterocycles. The number of nitriles is 1. The monoisotopic (exact) mass is 302 g/mol. The zero-order valence-corrected chi connectivity index (χ0v) is 12.8. The first kappa shape index (κ1) is 16.1. The number of nitrogens with one attached hydrogen (secondary N) is 2. The molecule has 6 nitrogen and oxygen atoms in total. The van der Waals surface area contributed by atoms with E-state index in [9.17, 15) is 4.79 Å². The van der Waals surface area contributed by atoms with Gasteiger partial charge in [-0.15, -0.1) is 0 Å². The molecule has 0 aromatic carbocycles. The van der Waals surface area contributed by atoms with Crippen molar-refractivity contribution < 1.29 is 9.53 Å². The number of ether oxygens (including phenoxy) is 1. The first-order valence-corrected chi connectivity index (χ1v) is 7.78. The number of nitrogens with zero attached hydrogens (tertiary/aromatic N) is 2. The van der Waals surface area contributed by atoms with E-state index in [1.54, 1.807) is 12.1 Å². The Morgan fingerprint density at radius 1 is 1.41 bits per heavy atom. The number of carbonyl (C=O) groups excluding carboxylic acids is 1. The van der Waals surface area contributed by atoms with Gasteiger partial charge in [0.05, 0.1) is 5.56 Å². The molecule has 0 saturated heterocycles. The molecule has 0 atom stereocenters. The largest absolute Gasteiger partial charge is 0.474 e. The van der Waals surface area contributed by atoms with Crippen LogP contribution >= 0.6 is 0 Å². The maximum absolute atomic E-state index is 11.6. The van der Waals surface area contributed by atoms with Gasteiger partial charge in [-0.3, -0.25) is 0 Å². The molecule has 0 bridgehead atoms. The van der Waals surface area contributed by atoms with Crippen molar-refractivity contribution in [1.82, 2.24) is 15.6 Å². The molecule has 6 heteroatoms. The topological polar surface area (TPSA) is 87.0 Å². The van der Waals surface area contributed by atoms with Crippen LogP contribution in [0.3, 0.4) is 0 Å². The first-order valence-electron chi connectivity index (χ1n) is 7.78. The van der Waals surface area contributed by atoms with Crippen LogP contribution in [0, 0.1) is 11.3 Å². The molecule has 2 rings (SSSR count). The SMILES string of the molecule is CCCNC(=O)NC1CCC(Oc2ccc(C#N)cn2)CC1. The Hall–Kier alpha value is -2.29. The van der Waals surface area contributed by atoms with Crippen LogP contribution in [-0.4, -0.2) is 29.7 Å². The van der Waals surface area contributed by atoms with Gasteiger partial charge in [-0.1, -0.05) is 6.92 Å². The molecule has 22 heavy (non-hydrogen) atoms. The number of urea groups is 1. The Bertz CT molecular complexity index is 516. The minimum Gasteiger partial charge on any atom is -0.474 e. The predicted molar refractivity (Wildman–Crippen MR) is 82.4 cm³/mol. The molecule has 0 spiro atoms. The fraction of sp³-hybridized carbons (Fsp3) is 0.562. The van der Waals surface area contributed by atoms with Gasteiger partial charge in [0.2, 0.25) is 5.88 Å². The predicted octanol–water partition coefficient (Wildman–Crippen LogP) is 2.35. The second-order valence-electron chi connectivity index (χ2n) is 5.49. The molecule has 1 aromatic heterocycles. The molecule has 1 saturated carbocycles. The van der Waals surface area contributed by atoms with Crippen LogP contribution in [0.2, 0.25) is 0 Å². The number of carbonyl (C=O) groups is 1. The summed E-state index contributed by atoms with van der Waals surface area (Å²) in [5.41, 5.74) is 0.526. The smallest absolute Gasteiger partial charge is 0.315 e. The molecule has 0 radical (unpaired) electrons. The van der Waals surface area contributed by atoms with Gasteiger partial charge in [0, 0.05) is 24.8 Å². The highest BCUT2D eigenvalue weighted by atomic mass is 16.5. The Morgan fingerprint density at radius 3 is 2.77 bits per heavy atom. The van der Waals surface area contributed by atoms with E-state index in [1.807, 2.05) is 13.0 Å². The maximum atomic E-state index is 11.6. The summed E-state index contributed by atoms with van der Waals surface area (Å²) in [5.74, 6) is 0.552. The number of hydrogen-bond acceptors (Lipinski definition) is 4. The third-order valence-corrected chi connectivity index (χ3v) is 3.70. The van der Waals surface area contributed by atoms with Crippen LogP contribution in [0.15, 0.2) is 18.3 Å². The van der Waals surface area contributed by atoms with E-state index >= 15 is 0 Å². The van der Waals surface area contributed by atoms with Crippen molar-refractivity contribution >= 4 is 6.03 Å². The quantitative estimate of drug-likeness (QED) is 0.874. The fourth-order valence-corrected chi connectivity index (χ4v) is 2.49. The molecule has 1 heterocycles. The highest BCUT2D eigenvalue weighted by Gasteiger charge is 2.23. The number of amides is 2. The standard InChI is InChI=1S/C16H22N4O2/c1-2-9-18-16(21)20-13-4-6-14(7-5-13)22-15-8-3-12(10-17)11-19-15/h3,8,11,13-14H,2,4-7,9H2,1H3,(H2,18,20,21). The summed E-state index contributed by atoms with van der Waals surface area (Å²) in [6.07, 6.45) is 6.16. The van der Waals surface area contributed by atoms with E-state index in [-0.39, 0.29) is 18.2 Å². The lowest BCUT2D eigenvalue weighted by molar-refractivity contribution is 0.135. The lowest BCUT2D eigenvalue weighted by Gasteiger charge is -2.29. The molecular formula is C16H22N4O2. The van der Waals surface area contributed by atoms with E-state index in [1.165, 1.54) is 6.20 Å². The van der Waals surface area contributed by atoms with Gasteiger partial charge in [0.15, 0.2) is 0 Å². The second-order valence-corrected chi connectivity index (χ2v) is 5.49. The van der Waals surface area contributed by atoms with Crippen molar-refractivity contribution in [2.45, 2.75) is 51.2 Å². The minimum atomic E-state index is -0.0834. The molecule has 1 aromatic rings. The molecule has 1 aliphatic carbocycles. The van der Waals surface area contributed by atoms with Crippen LogP contribution in [-0.2, 0) is 0 Å². The first-order chi connectivity index (χ1) is 10.7. The van der Waals surface area contributed by atoms with Gasteiger partial charge >= 0.3 is 6.03 Å². The average Bonchev–Trinajstić information content (AvgIpc) is 2.55. The molecule has 2 amide bonds. The van der Waals surface area contributed by atoms with Crippen LogP contribution in [0.5, 0.6) is 5.88 Å². The molecule has 0 unspecified atom stereocenters. The summed E-state index contributed by atoms with van der Waals surface area (Å²) < 4.78 is 5.82. The van der Waals surface area contributed by atoms with E-state index in [0.29, 0.717) is 18.0 Å². The van der Waals surface area contributed by atoms with Crippen LogP contribution in [0.1, 0.15) is 44.6 Å². The van der Waals surface area contributed by atoms with Gasteiger partial charge in [0.1, 0.15) is 12.2 Å². The fourth-order valence-electron chi connectivity index (χ4n) is 2.49. The van der Waals surface area contributed by atoms with Crippen molar-refractivity contribution in [3.05, 3.63) is 23.9 Å². The second kappa shape index (κ2) is 8.23. The molecule has 1 fully saturated rings. The summed E-state index contributed by atoms with van der Waals surface area (Å²) >= 11 is 0. The van der Waals surface area contributed by atoms with Gasteiger partial charge in [-0.05, 0) is 38.2 Å². The van der Waals surface area contributed by atoms with Crippen LogP contribution in [0.25, 0.3) is 0 Å². The lowest BCUT2D eigenvalue weighted by Crippen LogP contribution is -2.44. The van der Waals surface area contributed by atoms with Crippen molar-refractivity contribution in [3.63, 3.8) is 0 Å². The Balaban J connectivity index is 1.72. The number of hydrogen-bond donors (Lipinski definition) is 2. The highest BCUT2D eigenvalue weighted by molar-refractivity contribution is 5.74. The van der Waals surface area contributed by atoms with E-state index in [4.69, 9.17) is 10.00 Å². The Labute approximate surface area is 130 Å². The zero-order chi connectivity index (χ0) is 15.8. The van der Waals surface area contributed by atoms with Crippen molar-refractivity contribution in [2.24, 2.45) is 0 Å². The van der Waals surface area contributed by atoms with Gasteiger partial charge in [0.25, 0.3) is 0 Å². The van der Waals surface area contributed by atoms with Gasteiger partial charge < -0.3 is 15.4 Å². The average molecular weight is 302 g/mol. The van der Waals surface area contributed by atoms with Crippen LogP contribution < -0.4 is 15.4 Å². The summed E-state index contributed by atoms with van der Waals surface area (Å²) in [4.78, 5) is 15.7. The van der Waals surface area contributed by atoms with Gasteiger partial charge in [-0.25, -0.2) is 9.78 Å². The molecule has 2 N–H and O–H groups in total. The molecule has 1 aliphatic rings. The van der Waals surface area contributed by atoms with Gasteiger partial charge in [-0.2, -0.15) is 5.26 Å². The highest BCUT2D eigenvalue weighted by Crippen LogP contribution is 2.22.